The summed E-state index contributed by atoms with van der Waals surface area (Å²) < 4.78 is 15.8. The van der Waals surface area contributed by atoms with Gasteiger partial charge >= 0.3 is 5.97 Å². The maximum atomic E-state index is 12.9. The molecule has 36 heavy (non-hydrogen) atoms. The second kappa shape index (κ2) is 10.9. The van der Waals surface area contributed by atoms with Crippen molar-refractivity contribution in [2.24, 2.45) is 0 Å². The fourth-order valence-corrected chi connectivity index (χ4v) is 4.01. The summed E-state index contributed by atoms with van der Waals surface area (Å²) in [5.41, 5.74) is 0.476. The van der Waals surface area contributed by atoms with Gasteiger partial charge in [0.25, 0.3) is 5.56 Å². The minimum atomic E-state index is -0.897. The molecule has 188 valence electrons. The van der Waals surface area contributed by atoms with Crippen LogP contribution in [0.25, 0.3) is 0 Å². The summed E-state index contributed by atoms with van der Waals surface area (Å²) in [6, 6.07) is 11.6. The molecule has 2 heterocycles. The van der Waals surface area contributed by atoms with Crippen molar-refractivity contribution in [2.75, 3.05) is 19.9 Å². The summed E-state index contributed by atoms with van der Waals surface area (Å²) in [6.07, 6.45) is 1.44. The van der Waals surface area contributed by atoms with Crippen LogP contribution >= 0.6 is 0 Å². The monoisotopic (exact) mass is 494 g/mol. The van der Waals surface area contributed by atoms with Gasteiger partial charge in [0.2, 0.25) is 12.7 Å². The molecule has 0 fully saturated rings. The van der Waals surface area contributed by atoms with E-state index in [0.717, 1.165) is 11.8 Å². The molecule has 1 unspecified atom stereocenters. The van der Waals surface area contributed by atoms with Gasteiger partial charge in [-0.2, -0.15) is 0 Å². The Morgan fingerprint density at radius 2 is 1.86 bits per heavy atom. The highest BCUT2D eigenvalue weighted by Crippen LogP contribution is 2.39. The standard InChI is InChI=1S/C26H26N2O8/c1-2-34-26(33)19-13-28-25(32)23(24(19)31)18(16-5-8-20-21(11-16)36-14-35-20)12-22(30)27-10-9-15-3-6-17(29)7-4-15/h3-8,11,13,18,29H,2,9-10,12,14H2,1H3,(H,27,30)(H2,28,31,32). The molecule has 1 amide bonds. The lowest BCUT2D eigenvalue weighted by molar-refractivity contribution is -0.121. The number of fused-ring (bicyclic) bond motifs is 1. The van der Waals surface area contributed by atoms with Crippen molar-refractivity contribution in [3.05, 3.63) is 81.3 Å². The number of pyridine rings is 1. The molecule has 4 rings (SSSR count). The van der Waals surface area contributed by atoms with Gasteiger partial charge in [0, 0.05) is 25.1 Å². The van der Waals surface area contributed by atoms with Gasteiger partial charge in [0.05, 0.1) is 12.2 Å². The Balaban J connectivity index is 1.62. The van der Waals surface area contributed by atoms with Crippen LogP contribution in [0.1, 0.15) is 46.3 Å². The fourth-order valence-electron chi connectivity index (χ4n) is 4.01. The molecule has 0 saturated carbocycles. The van der Waals surface area contributed by atoms with Crippen LogP contribution in [0.4, 0.5) is 0 Å². The highest BCUT2D eigenvalue weighted by Gasteiger charge is 2.29. The second-order valence-corrected chi connectivity index (χ2v) is 8.15. The van der Waals surface area contributed by atoms with Crippen molar-refractivity contribution < 1.29 is 34.0 Å². The number of amides is 1. The number of aromatic amines is 1. The van der Waals surface area contributed by atoms with Crippen LogP contribution < -0.4 is 20.3 Å². The van der Waals surface area contributed by atoms with Gasteiger partial charge in [-0.1, -0.05) is 18.2 Å². The van der Waals surface area contributed by atoms with Crippen LogP contribution in [0.2, 0.25) is 0 Å². The molecule has 2 aromatic carbocycles. The number of nitrogens with one attached hydrogen (secondary N) is 2. The first kappa shape index (κ1) is 24.6. The Hall–Kier alpha value is -4.47. The minimum Gasteiger partial charge on any atom is -0.508 e. The molecule has 0 aliphatic carbocycles. The number of carbonyl (C=O) groups excluding carboxylic acids is 2. The number of hydrogen-bond donors (Lipinski definition) is 4. The zero-order chi connectivity index (χ0) is 25.7. The number of phenolic OH excluding ortho intramolecular Hbond substituents is 1. The molecule has 1 aliphatic heterocycles. The maximum absolute atomic E-state index is 12.9. The first-order valence-corrected chi connectivity index (χ1v) is 11.4. The van der Waals surface area contributed by atoms with Crippen molar-refractivity contribution >= 4 is 11.9 Å². The summed E-state index contributed by atoms with van der Waals surface area (Å²) in [5, 5.41) is 23.2. The fraction of sp³-hybridized carbons (Fsp3) is 0.269. The van der Waals surface area contributed by atoms with E-state index >= 15 is 0 Å². The zero-order valence-corrected chi connectivity index (χ0v) is 19.6. The molecule has 3 aromatic rings. The number of aromatic hydroxyl groups is 2. The Kier molecular flexibility index (Phi) is 7.43. The molecule has 0 radical (unpaired) electrons. The van der Waals surface area contributed by atoms with E-state index in [2.05, 4.69) is 10.3 Å². The van der Waals surface area contributed by atoms with Crippen LogP contribution in [0.5, 0.6) is 23.0 Å². The number of H-pyrrole nitrogens is 1. The third-order valence-corrected chi connectivity index (χ3v) is 5.81. The van der Waals surface area contributed by atoms with Crippen LogP contribution in [-0.4, -0.2) is 47.0 Å². The predicted octanol–water partition coefficient (Wildman–Crippen LogP) is 2.57. The molecule has 0 spiro atoms. The Bertz CT molecular complexity index is 1320. The summed E-state index contributed by atoms with van der Waals surface area (Å²) >= 11 is 0. The molecule has 10 heteroatoms. The van der Waals surface area contributed by atoms with E-state index in [9.17, 15) is 24.6 Å². The first-order chi connectivity index (χ1) is 17.4. The number of aromatic nitrogens is 1. The number of carbonyl (C=O) groups is 2. The van der Waals surface area contributed by atoms with Gasteiger partial charge < -0.3 is 34.7 Å². The van der Waals surface area contributed by atoms with Gasteiger partial charge in [-0.3, -0.25) is 9.59 Å². The van der Waals surface area contributed by atoms with Gasteiger partial charge in [-0.05, 0) is 48.7 Å². The summed E-state index contributed by atoms with van der Waals surface area (Å²) in [4.78, 5) is 40.6. The lowest BCUT2D eigenvalue weighted by atomic mass is 9.87. The lowest BCUT2D eigenvalue weighted by Gasteiger charge is -2.19. The van der Waals surface area contributed by atoms with E-state index < -0.39 is 23.2 Å². The average Bonchev–Trinajstić information content (AvgIpc) is 3.33. The van der Waals surface area contributed by atoms with E-state index in [4.69, 9.17) is 14.2 Å². The zero-order valence-electron chi connectivity index (χ0n) is 19.6. The number of hydrogen-bond acceptors (Lipinski definition) is 8. The summed E-state index contributed by atoms with van der Waals surface area (Å²) in [7, 11) is 0. The smallest absolute Gasteiger partial charge is 0.343 e. The maximum Gasteiger partial charge on any atom is 0.343 e. The van der Waals surface area contributed by atoms with Gasteiger partial charge in [-0.15, -0.1) is 0 Å². The Morgan fingerprint density at radius 3 is 2.61 bits per heavy atom. The Labute approximate surface area is 206 Å². The molecule has 4 N–H and O–H groups in total. The normalized spacial score (nSPS) is 12.7. The SMILES string of the molecule is CCOC(=O)c1c[nH]c(=O)c(C(CC(=O)NCCc2ccc(O)cc2)c2ccc3c(c2)OCO3)c1O. The van der Waals surface area contributed by atoms with Crippen LogP contribution in [0, 0.1) is 0 Å². The average molecular weight is 495 g/mol. The second-order valence-electron chi connectivity index (χ2n) is 8.15. The molecular formula is C26H26N2O8. The molecule has 0 bridgehead atoms. The van der Waals surface area contributed by atoms with Crippen molar-refractivity contribution in [3.63, 3.8) is 0 Å². The predicted molar refractivity (Wildman–Crippen MR) is 129 cm³/mol. The highest BCUT2D eigenvalue weighted by atomic mass is 16.7. The van der Waals surface area contributed by atoms with Gasteiger partial charge in [0.15, 0.2) is 11.5 Å². The van der Waals surface area contributed by atoms with Crippen molar-refractivity contribution in [1.82, 2.24) is 10.3 Å². The number of ether oxygens (including phenoxy) is 3. The van der Waals surface area contributed by atoms with E-state index in [1.165, 1.54) is 0 Å². The third kappa shape index (κ3) is 5.43. The molecule has 10 nitrogen and oxygen atoms in total. The summed E-state index contributed by atoms with van der Waals surface area (Å²) in [6.45, 7) is 2.08. The van der Waals surface area contributed by atoms with E-state index in [1.54, 1.807) is 49.4 Å². The molecule has 1 aromatic heterocycles. The number of phenols is 1. The number of benzene rings is 2. The third-order valence-electron chi connectivity index (χ3n) is 5.81. The summed E-state index contributed by atoms with van der Waals surface area (Å²) in [5.74, 6) is -1.48. The van der Waals surface area contributed by atoms with Crippen LogP contribution in [-0.2, 0) is 16.0 Å². The molecular weight excluding hydrogens is 468 g/mol. The van der Waals surface area contributed by atoms with Crippen LogP contribution in [0.15, 0.2) is 53.5 Å². The number of rotatable bonds is 9. The molecule has 1 aliphatic rings. The Morgan fingerprint density at radius 1 is 1.11 bits per heavy atom. The largest absolute Gasteiger partial charge is 0.508 e. The van der Waals surface area contributed by atoms with Gasteiger partial charge in [0.1, 0.15) is 17.1 Å². The first-order valence-electron chi connectivity index (χ1n) is 11.4. The molecule has 1 atom stereocenters. The highest BCUT2D eigenvalue weighted by molar-refractivity contribution is 5.92. The van der Waals surface area contributed by atoms with Crippen molar-refractivity contribution in [2.45, 2.75) is 25.7 Å². The van der Waals surface area contributed by atoms with E-state index in [1.807, 2.05) is 0 Å². The quantitative estimate of drug-likeness (QED) is 0.332. The molecule has 0 saturated heterocycles. The van der Waals surface area contributed by atoms with E-state index in [0.29, 0.717) is 30.0 Å². The van der Waals surface area contributed by atoms with E-state index in [-0.39, 0.29) is 42.6 Å². The number of esters is 1. The van der Waals surface area contributed by atoms with Crippen molar-refractivity contribution in [1.29, 1.82) is 0 Å². The minimum absolute atomic E-state index is 0.0470. The van der Waals surface area contributed by atoms with Crippen molar-refractivity contribution in [3.8, 4) is 23.0 Å². The topological polar surface area (TPSA) is 147 Å². The lowest BCUT2D eigenvalue weighted by Crippen LogP contribution is -2.29. The van der Waals surface area contributed by atoms with Crippen LogP contribution in [0.3, 0.4) is 0 Å². The van der Waals surface area contributed by atoms with Gasteiger partial charge in [-0.25, -0.2) is 4.79 Å².